The number of carbonyl (C=O) groups is 1. The lowest BCUT2D eigenvalue weighted by Gasteiger charge is -2.20. The second-order valence-corrected chi connectivity index (χ2v) is 4.09. The van der Waals surface area contributed by atoms with Gasteiger partial charge in [-0.2, -0.15) is 0 Å². The molecule has 0 aromatic heterocycles. The molecule has 106 valence electrons. The normalized spacial score (nSPS) is 13.5. The maximum atomic E-state index is 11.6. The van der Waals surface area contributed by atoms with Crippen LogP contribution in [-0.4, -0.2) is 38.0 Å². The molecular weight excluding hydrogens is 248 g/mol. The molecule has 1 aromatic rings. The molecule has 1 N–H and O–H groups in total. The van der Waals surface area contributed by atoms with E-state index < -0.39 is 18.0 Å². The number of aliphatic hydroxyl groups excluding tert-OH is 1. The first kappa shape index (κ1) is 15.3. The van der Waals surface area contributed by atoms with E-state index in [1.165, 1.54) is 7.11 Å². The number of aliphatic hydroxyl groups is 1. The second kappa shape index (κ2) is 6.99. The molecule has 19 heavy (non-hydrogen) atoms. The molecule has 0 aliphatic heterocycles. The zero-order chi connectivity index (χ0) is 14.4. The Hall–Kier alpha value is -1.75. The Balaban J connectivity index is 3.02. The Kier molecular flexibility index (Phi) is 5.63. The van der Waals surface area contributed by atoms with Crippen LogP contribution in [0.3, 0.4) is 0 Å². The standard InChI is InChI=1S/C14H20O5/c1-5-19-14(16)13(15)9(2)11-8-10(17-3)6-7-12(11)18-4/h6-9,13,15H,5H2,1-4H3. The first-order valence-electron chi connectivity index (χ1n) is 6.11. The molecule has 0 saturated heterocycles. The molecule has 0 heterocycles. The van der Waals surface area contributed by atoms with Gasteiger partial charge in [0.1, 0.15) is 11.5 Å². The molecule has 0 amide bonds. The van der Waals surface area contributed by atoms with E-state index in [0.29, 0.717) is 17.1 Å². The van der Waals surface area contributed by atoms with Crippen molar-refractivity contribution in [1.29, 1.82) is 0 Å². The number of esters is 1. The number of methoxy groups -OCH3 is 2. The first-order valence-corrected chi connectivity index (χ1v) is 6.11. The van der Waals surface area contributed by atoms with Crippen molar-refractivity contribution in [1.82, 2.24) is 0 Å². The molecule has 0 bridgehead atoms. The third-order valence-corrected chi connectivity index (χ3v) is 2.93. The smallest absolute Gasteiger partial charge is 0.335 e. The van der Waals surface area contributed by atoms with Crippen LogP contribution in [0, 0.1) is 0 Å². The van der Waals surface area contributed by atoms with Gasteiger partial charge in [-0.25, -0.2) is 4.79 Å². The summed E-state index contributed by atoms with van der Waals surface area (Å²) in [7, 11) is 3.09. The summed E-state index contributed by atoms with van der Waals surface area (Å²) in [6.45, 7) is 3.66. The quantitative estimate of drug-likeness (QED) is 0.796. The van der Waals surface area contributed by atoms with E-state index in [0.717, 1.165) is 0 Å². The maximum Gasteiger partial charge on any atom is 0.335 e. The number of hydrogen-bond donors (Lipinski definition) is 1. The Morgan fingerprint density at radius 3 is 2.53 bits per heavy atom. The minimum absolute atomic E-state index is 0.234. The maximum absolute atomic E-state index is 11.6. The highest BCUT2D eigenvalue weighted by atomic mass is 16.5. The molecule has 0 radical (unpaired) electrons. The molecule has 2 atom stereocenters. The molecule has 0 saturated carbocycles. The molecule has 0 aliphatic carbocycles. The summed E-state index contributed by atoms with van der Waals surface area (Å²) in [5.74, 6) is 0.138. The lowest BCUT2D eigenvalue weighted by Crippen LogP contribution is -2.28. The van der Waals surface area contributed by atoms with E-state index in [1.807, 2.05) is 0 Å². The van der Waals surface area contributed by atoms with Crippen molar-refractivity contribution < 1.29 is 24.1 Å². The van der Waals surface area contributed by atoms with Gasteiger partial charge in [0, 0.05) is 11.5 Å². The van der Waals surface area contributed by atoms with Gasteiger partial charge >= 0.3 is 5.97 Å². The largest absolute Gasteiger partial charge is 0.497 e. The molecule has 5 heteroatoms. The fourth-order valence-corrected chi connectivity index (χ4v) is 1.80. The average molecular weight is 268 g/mol. The van der Waals surface area contributed by atoms with E-state index in [-0.39, 0.29) is 6.61 Å². The molecule has 1 rings (SSSR count). The predicted molar refractivity (Wildman–Crippen MR) is 70.6 cm³/mol. The average Bonchev–Trinajstić information content (AvgIpc) is 2.45. The highest BCUT2D eigenvalue weighted by Gasteiger charge is 2.27. The van der Waals surface area contributed by atoms with Crippen LogP contribution in [0.2, 0.25) is 0 Å². The van der Waals surface area contributed by atoms with Gasteiger partial charge in [-0.15, -0.1) is 0 Å². The molecule has 0 spiro atoms. The third-order valence-electron chi connectivity index (χ3n) is 2.93. The van der Waals surface area contributed by atoms with Gasteiger partial charge in [0.2, 0.25) is 0 Å². The number of benzene rings is 1. The van der Waals surface area contributed by atoms with Crippen molar-refractivity contribution in [2.45, 2.75) is 25.9 Å². The van der Waals surface area contributed by atoms with Gasteiger partial charge in [0.15, 0.2) is 6.10 Å². The zero-order valence-electron chi connectivity index (χ0n) is 11.7. The van der Waals surface area contributed by atoms with E-state index in [1.54, 1.807) is 39.2 Å². The van der Waals surface area contributed by atoms with E-state index in [2.05, 4.69) is 0 Å². The monoisotopic (exact) mass is 268 g/mol. The zero-order valence-corrected chi connectivity index (χ0v) is 11.7. The fourth-order valence-electron chi connectivity index (χ4n) is 1.80. The van der Waals surface area contributed by atoms with Crippen LogP contribution in [0.4, 0.5) is 0 Å². The Labute approximate surface area is 113 Å². The molecule has 1 aromatic carbocycles. The van der Waals surface area contributed by atoms with Crippen LogP contribution in [0.1, 0.15) is 25.3 Å². The summed E-state index contributed by atoms with van der Waals surface area (Å²) in [6.07, 6.45) is -1.24. The molecule has 0 fully saturated rings. The molecule has 5 nitrogen and oxygen atoms in total. The van der Waals surface area contributed by atoms with Crippen LogP contribution in [0.25, 0.3) is 0 Å². The summed E-state index contributed by atoms with van der Waals surface area (Å²) in [5, 5.41) is 9.98. The van der Waals surface area contributed by atoms with E-state index in [9.17, 15) is 9.90 Å². The van der Waals surface area contributed by atoms with Gasteiger partial charge in [-0.3, -0.25) is 0 Å². The second-order valence-electron chi connectivity index (χ2n) is 4.09. The lowest BCUT2D eigenvalue weighted by molar-refractivity contribution is -0.154. The highest BCUT2D eigenvalue weighted by molar-refractivity contribution is 5.76. The van der Waals surface area contributed by atoms with Crippen molar-refractivity contribution in [3.63, 3.8) is 0 Å². The predicted octanol–water partition coefficient (Wildman–Crippen LogP) is 1.73. The van der Waals surface area contributed by atoms with Crippen LogP contribution >= 0.6 is 0 Å². The fraction of sp³-hybridized carbons (Fsp3) is 0.500. The van der Waals surface area contributed by atoms with Gasteiger partial charge < -0.3 is 19.3 Å². The van der Waals surface area contributed by atoms with Crippen molar-refractivity contribution in [3.8, 4) is 11.5 Å². The summed E-state index contributed by atoms with van der Waals surface area (Å²) >= 11 is 0. The summed E-state index contributed by atoms with van der Waals surface area (Å²) in [4.78, 5) is 11.6. The van der Waals surface area contributed by atoms with Crippen LogP contribution < -0.4 is 9.47 Å². The summed E-state index contributed by atoms with van der Waals surface area (Å²) < 4.78 is 15.2. The third kappa shape index (κ3) is 3.61. The Bertz CT molecular complexity index is 430. The number of ether oxygens (including phenoxy) is 3. The van der Waals surface area contributed by atoms with Gasteiger partial charge in [-0.05, 0) is 25.1 Å². The number of hydrogen-bond acceptors (Lipinski definition) is 5. The Morgan fingerprint density at radius 2 is 2.00 bits per heavy atom. The number of carbonyl (C=O) groups excluding carboxylic acids is 1. The Morgan fingerprint density at radius 1 is 1.32 bits per heavy atom. The van der Waals surface area contributed by atoms with Crippen LogP contribution in [0.5, 0.6) is 11.5 Å². The van der Waals surface area contributed by atoms with Crippen molar-refractivity contribution >= 4 is 5.97 Å². The van der Waals surface area contributed by atoms with Gasteiger partial charge in [-0.1, -0.05) is 6.92 Å². The van der Waals surface area contributed by atoms with Crippen molar-refractivity contribution in [2.75, 3.05) is 20.8 Å². The van der Waals surface area contributed by atoms with E-state index in [4.69, 9.17) is 14.2 Å². The van der Waals surface area contributed by atoms with E-state index >= 15 is 0 Å². The minimum atomic E-state index is -1.24. The van der Waals surface area contributed by atoms with Crippen LogP contribution in [0.15, 0.2) is 18.2 Å². The van der Waals surface area contributed by atoms with Crippen molar-refractivity contribution in [3.05, 3.63) is 23.8 Å². The minimum Gasteiger partial charge on any atom is -0.497 e. The molecule has 2 unspecified atom stereocenters. The highest BCUT2D eigenvalue weighted by Crippen LogP contribution is 2.32. The summed E-state index contributed by atoms with van der Waals surface area (Å²) in [5.41, 5.74) is 0.697. The topological polar surface area (TPSA) is 65.0 Å². The van der Waals surface area contributed by atoms with Gasteiger partial charge in [0.05, 0.1) is 20.8 Å². The first-order chi connectivity index (χ1) is 9.04. The molecular formula is C14H20O5. The molecule has 0 aliphatic rings. The van der Waals surface area contributed by atoms with Crippen molar-refractivity contribution in [2.24, 2.45) is 0 Å². The van der Waals surface area contributed by atoms with Crippen LogP contribution in [-0.2, 0) is 9.53 Å². The van der Waals surface area contributed by atoms with Gasteiger partial charge in [0.25, 0.3) is 0 Å². The number of rotatable bonds is 6. The SMILES string of the molecule is CCOC(=O)C(O)C(C)c1cc(OC)ccc1OC. The lowest BCUT2D eigenvalue weighted by atomic mass is 9.94. The summed E-state index contributed by atoms with van der Waals surface area (Å²) in [6, 6.07) is 5.24.